The van der Waals surface area contributed by atoms with Crippen LogP contribution in [0.4, 0.5) is 11.8 Å². The fourth-order valence-corrected chi connectivity index (χ4v) is 2.47. The Bertz CT molecular complexity index is 667. The van der Waals surface area contributed by atoms with E-state index in [2.05, 4.69) is 25.6 Å². The highest BCUT2D eigenvalue weighted by Gasteiger charge is 2.40. The van der Waals surface area contributed by atoms with Gasteiger partial charge >= 0.3 is 0 Å². The molecule has 3 heterocycles. The molecule has 2 aromatic heterocycles. The highest BCUT2D eigenvalue weighted by atomic mass is 16.1. The number of nitrogens with two attached hydrogens (primary N) is 2. The standard InChI is InChI=1S/C11H16N8O/c1-11(9(12)20)2-3-19(5-11)8-6-4-14-18-7(6)15-10(16-8)17-13/h4H,2-3,5,13H2,1H3,(H2,12,20)(H2,14,15,16,17,18). The molecule has 0 bridgehead atoms. The van der Waals surface area contributed by atoms with E-state index < -0.39 is 5.41 Å². The van der Waals surface area contributed by atoms with Gasteiger partial charge in [-0.1, -0.05) is 0 Å². The highest BCUT2D eigenvalue weighted by Crippen LogP contribution is 2.34. The highest BCUT2D eigenvalue weighted by molar-refractivity contribution is 5.89. The van der Waals surface area contributed by atoms with Crippen LogP contribution >= 0.6 is 0 Å². The van der Waals surface area contributed by atoms with Gasteiger partial charge < -0.3 is 10.6 Å². The number of nitrogens with zero attached hydrogens (tertiary/aromatic N) is 4. The first kappa shape index (κ1) is 12.6. The fourth-order valence-electron chi connectivity index (χ4n) is 2.47. The van der Waals surface area contributed by atoms with Crippen molar-refractivity contribution >= 4 is 28.7 Å². The molecule has 1 atom stereocenters. The third-order valence-corrected chi connectivity index (χ3v) is 3.79. The van der Waals surface area contributed by atoms with Crippen molar-refractivity contribution in [2.45, 2.75) is 13.3 Å². The third-order valence-electron chi connectivity index (χ3n) is 3.79. The first-order chi connectivity index (χ1) is 9.53. The van der Waals surface area contributed by atoms with E-state index in [-0.39, 0.29) is 5.91 Å². The summed E-state index contributed by atoms with van der Waals surface area (Å²) in [6, 6.07) is 0. The number of primary amides is 1. The van der Waals surface area contributed by atoms with Crippen LogP contribution in [-0.2, 0) is 4.79 Å². The van der Waals surface area contributed by atoms with Gasteiger partial charge in [0, 0.05) is 13.1 Å². The van der Waals surface area contributed by atoms with Crippen LogP contribution in [0.3, 0.4) is 0 Å². The summed E-state index contributed by atoms with van der Waals surface area (Å²) in [7, 11) is 0. The first-order valence-corrected chi connectivity index (χ1v) is 6.26. The summed E-state index contributed by atoms with van der Waals surface area (Å²) < 4.78 is 0. The summed E-state index contributed by atoms with van der Waals surface area (Å²) >= 11 is 0. The van der Waals surface area contributed by atoms with Gasteiger partial charge in [0.05, 0.1) is 17.0 Å². The van der Waals surface area contributed by atoms with Crippen molar-refractivity contribution in [1.29, 1.82) is 0 Å². The summed E-state index contributed by atoms with van der Waals surface area (Å²) in [5.74, 6) is 6.07. The van der Waals surface area contributed by atoms with Crippen LogP contribution in [0, 0.1) is 5.41 Å². The number of anilines is 2. The molecule has 1 unspecified atom stereocenters. The minimum absolute atomic E-state index is 0.296. The summed E-state index contributed by atoms with van der Waals surface area (Å²) in [6.45, 7) is 3.08. The lowest BCUT2D eigenvalue weighted by molar-refractivity contribution is -0.125. The number of carbonyl (C=O) groups is 1. The number of nitrogen functional groups attached to an aromatic ring is 1. The van der Waals surface area contributed by atoms with Crippen molar-refractivity contribution in [3.8, 4) is 0 Å². The molecule has 2 aromatic rings. The van der Waals surface area contributed by atoms with E-state index in [0.717, 1.165) is 5.39 Å². The van der Waals surface area contributed by atoms with E-state index in [9.17, 15) is 4.79 Å². The van der Waals surface area contributed by atoms with E-state index in [4.69, 9.17) is 11.6 Å². The lowest BCUT2D eigenvalue weighted by atomic mass is 9.89. The Morgan fingerprint density at radius 3 is 3.00 bits per heavy atom. The molecule has 6 N–H and O–H groups in total. The van der Waals surface area contributed by atoms with Crippen molar-refractivity contribution in [3.05, 3.63) is 6.20 Å². The Balaban J connectivity index is 2.02. The largest absolute Gasteiger partial charge is 0.369 e. The monoisotopic (exact) mass is 276 g/mol. The van der Waals surface area contributed by atoms with Crippen LogP contribution in [0.15, 0.2) is 6.20 Å². The Morgan fingerprint density at radius 1 is 1.55 bits per heavy atom. The number of carbonyl (C=O) groups excluding carboxylic acids is 1. The number of hydrazine groups is 1. The second-order valence-corrected chi connectivity index (χ2v) is 5.24. The van der Waals surface area contributed by atoms with Crippen LogP contribution in [0.2, 0.25) is 0 Å². The number of aromatic nitrogens is 4. The summed E-state index contributed by atoms with van der Waals surface area (Å²) in [6.07, 6.45) is 2.35. The maximum atomic E-state index is 11.5. The molecule has 9 nitrogen and oxygen atoms in total. The van der Waals surface area contributed by atoms with E-state index in [1.807, 2.05) is 11.8 Å². The second kappa shape index (κ2) is 4.30. The van der Waals surface area contributed by atoms with Crippen molar-refractivity contribution < 1.29 is 4.79 Å². The van der Waals surface area contributed by atoms with E-state index in [0.29, 0.717) is 36.9 Å². The molecule has 0 aliphatic carbocycles. The van der Waals surface area contributed by atoms with Gasteiger partial charge in [0.25, 0.3) is 0 Å². The molecule has 0 saturated carbocycles. The molecule has 106 valence electrons. The molecule has 1 aliphatic heterocycles. The zero-order valence-electron chi connectivity index (χ0n) is 11.1. The number of rotatable bonds is 3. The van der Waals surface area contributed by atoms with Crippen molar-refractivity contribution in [1.82, 2.24) is 20.2 Å². The van der Waals surface area contributed by atoms with Crippen molar-refractivity contribution in [2.75, 3.05) is 23.4 Å². The Kier molecular flexibility index (Phi) is 2.71. The van der Waals surface area contributed by atoms with Crippen LogP contribution in [0.1, 0.15) is 13.3 Å². The molecule has 0 radical (unpaired) electrons. The minimum atomic E-state index is -0.544. The number of aromatic amines is 1. The third kappa shape index (κ3) is 1.83. The summed E-state index contributed by atoms with van der Waals surface area (Å²) in [5, 5.41) is 7.54. The number of hydrogen-bond donors (Lipinski definition) is 4. The topological polar surface area (TPSA) is 139 Å². The van der Waals surface area contributed by atoms with E-state index >= 15 is 0 Å². The Morgan fingerprint density at radius 2 is 2.35 bits per heavy atom. The van der Waals surface area contributed by atoms with Crippen LogP contribution < -0.4 is 21.9 Å². The zero-order valence-corrected chi connectivity index (χ0v) is 11.1. The van der Waals surface area contributed by atoms with Gasteiger partial charge in [-0.15, -0.1) is 0 Å². The van der Waals surface area contributed by atoms with Gasteiger partial charge in [0.2, 0.25) is 11.9 Å². The molecule has 1 fully saturated rings. The lowest BCUT2D eigenvalue weighted by Gasteiger charge is -2.22. The van der Waals surface area contributed by atoms with Crippen LogP contribution in [-0.4, -0.2) is 39.2 Å². The molecule has 1 aliphatic rings. The van der Waals surface area contributed by atoms with Gasteiger partial charge in [-0.3, -0.25) is 15.3 Å². The number of amides is 1. The van der Waals surface area contributed by atoms with Gasteiger partial charge in [-0.05, 0) is 13.3 Å². The number of hydrogen-bond acceptors (Lipinski definition) is 7. The quantitative estimate of drug-likeness (QED) is 0.431. The van der Waals surface area contributed by atoms with E-state index in [1.165, 1.54) is 0 Å². The number of nitrogens with one attached hydrogen (secondary N) is 2. The molecule has 3 rings (SSSR count). The fraction of sp³-hybridized carbons (Fsp3) is 0.455. The molecule has 1 amide bonds. The summed E-state index contributed by atoms with van der Waals surface area (Å²) in [4.78, 5) is 22.1. The van der Waals surface area contributed by atoms with Gasteiger partial charge in [0.1, 0.15) is 5.82 Å². The number of H-pyrrole nitrogens is 1. The number of fused-ring (bicyclic) bond motifs is 1. The second-order valence-electron chi connectivity index (χ2n) is 5.24. The first-order valence-electron chi connectivity index (χ1n) is 6.26. The molecule has 9 heteroatoms. The van der Waals surface area contributed by atoms with E-state index in [1.54, 1.807) is 6.20 Å². The van der Waals surface area contributed by atoms with Gasteiger partial charge in [0.15, 0.2) is 5.65 Å². The SMILES string of the molecule is CC1(C(N)=O)CCN(c2nc(NN)nc3[nH]ncc23)C1. The zero-order chi connectivity index (χ0) is 14.3. The average Bonchev–Trinajstić information content (AvgIpc) is 3.04. The smallest absolute Gasteiger partial charge is 0.241 e. The maximum absolute atomic E-state index is 11.5. The molecule has 0 spiro atoms. The predicted octanol–water partition coefficient (Wildman–Crippen LogP) is -0.660. The maximum Gasteiger partial charge on any atom is 0.241 e. The Labute approximate surface area is 114 Å². The van der Waals surface area contributed by atoms with Crippen molar-refractivity contribution in [2.24, 2.45) is 17.0 Å². The molecular weight excluding hydrogens is 260 g/mol. The minimum Gasteiger partial charge on any atom is -0.369 e. The summed E-state index contributed by atoms with van der Waals surface area (Å²) in [5.41, 5.74) is 7.95. The normalized spacial score (nSPS) is 22.4. The van der Waals surface area contributed by atoms with Gasteiger partial charge in [-0.2, -0.15) is 15.1 Å². The Hall–Kier alpha value is -2.42. The average molecular weight is 276 g/mol. The lowest BCUT2D eigenvalue weighted by Crippen LogP contribution is -2.37. The van der Waals surface area contributed by atoms with Crippen LogP contribution in [0.5, 0.6) is 0 Å². The molecule has 0 aromatic carbocycles. The van der Waals surface area contributed by atoms with Gasteiger partial charge in [-0.25, -0.2) is 5.84 Å². The molecular formula is C11H16N8O. The van der Waals surface area contributed by atoms with Crippen LogP contribution in [0.25, 0.3) is 11.0 Å². The predicted molar refractivity (Wildman–Crippen MR) is 73.6 cm³/mol. The molecule has 1 saturated heterocycles. The van der Waals surface area contributed by atoms with Crippen molar-refractivity contribution in [3.63, 3.8) is 0 Å². The molecule has 20 heavy (non-hydrogen) atoms.